The number of halogens is 1. The van der Waals surface area contributed by atoms with Gasteiger partial charge in [-0.3, -0.25) is 4.79 Å². The van der Waals surface area contributed by atoms with Gasteiger partial charge in [0.15, 0.2) is 0 Å². The lowest BCUT2D eigenvalue weighted by Gasteiger charge is -2.16. The fourth-order valence-corrected chi connectivity index (χ4v) is 1.27. The van der Waals surface area contributed by atoms with Crippen LogP contribution in [0, 0.1) is 0 Å². The molecule has 1 rings (SSSR count). The number of alkyl halides is 1. The molecule has 3 atom stereocenters. The molecule has 1 aliphatic heterocycles. The van der Waals surface area contributed by atoms with E-state index in [1.807, 2.05) is 6.92 Å². The molecule has 4 nitrogen and oxygen atoms in total. The molecule has 0 bridgehead atoms. The number of rotatable bonds is 3. The maximum absolute atomic E-state index is 11.4. The maximum Gasteiger partial charge on any atom is 0.234 e. The van der Waals surface area contributed by atoms with Crippen LogP contribution in [0.2, 0.25) is 0 Å². The summed E-state index contributed by atoms with van der Waals surface area (Å²) in [7, 11) is 0. The standard InChI is InChI=1S/C8H14BrNO3/c1-2-5(9)8(12)10-6-3-13-4-7(6)11/h5-7,11H,2-4H2,1H3,(H,10,12)/t5?,6-,7-/m1/s1. The van der Waals surface area contributed by atoms with Crippen LogP contribution in [0.3, 0.4) is 0 Å². The van der Waals surface area contributed by atoms with Crippen LogP contribution in [0.4, 0.5) is 0 Å². The molecule has 13 heavy (non-hydrogen) atoms. The molecule has 0 spiro atoms. The van der Waals surface area contributed by atoms with E-state index in [4.69, 9.17) is 4.74 Å². The van der Waals surface area contributed by atoms with Crippen molar-refractivity contribution in [1.82, 2.24) is 5.32 Å². The molecule has 1 heterocycles. The Labute approximate surface area is 85.8 Å². The Morgan fingerprint density at radius 1 is 1.77 bits per heavy atom. The van der Waals surface area contributed by atoms with Gasteiger partial charge in [0, 0.05) is 0 Å². The molecular formula is C8H14BrNO3. The van der Waals surface area contributed by atoms with Gasteiger partial charge < -0.3 is 15.2 Å². The highest BCUT2D eigenvalue weighted by atomic mass is 79.9. The summed E-state index contributed by atoms with van der Waals surface area (Å²) in [4.78, 5) is 11.2. The van der Waals surface area contributed by atoms with E-state index in [9.17, 15) is 9.90 Å². The first kappa shape index (κ1) is 10.9. The summed E-state index contributed by atoms with van der Waals surface area (Å²) in [6, 6.07) is -0.251. The number of ether oxygens (including phenoxy) is 1. The number of amides is 1. The molecule has 0 saturated carbocycles. The Hall–Kier alpha value is -0.130. The summed E-state index contributed by atoms with van der Waals surface area (Å²) >= 11 is 3.23. The minimum absolute atomic E-state index is 0.0861. The van der Waals surface area contributed by atoms with E-state index in [0.717, 1.165) is 6.42 Å². The Balaban J connectivity index is 2.35. The number of aliphatic hydroxyl groups is 1. The second-order valence-corrected chi connectivity index (χ2v) is 4.20. The fraction of sp³-hybridized carbons (Fsp3) is 0.875. The maximum atomic E-state index is 11.4. The lowest BCUT2D eigenvalue weighted by atomic mass is 10.2. The monoisotopic (exact) mass is 251 g/mol. The zero-order valence-corrected chi connectivity index (χ0v) is 9.08. The second-order valence-electron chi connectivity index (χ2n) is 3.10. The van der Waals surface area contributed by atoms with Crippen molar-refractivity contribution in [2.45, 2.75) is 30.3 Å². The number of carbonyl (C=O) groups is 1. The minimum atomic E-state index is -0.569. The molecule has 0 radical (unpaired) electrons. The van der Waals surface area contributed by atoms with E-state index >= 15 is 0 Å². The van der Waals surface area contributed by atoms with Gasteiger partial charge in [-0.2, -0.15) is 0 Å². The van der Waals surface area contributed by atoms with E-state index in [1.54, 1.807) is 0 Å². The minimum Gasteiger partial charge on any atom is -0.388 e. The summed E-state index contributed by atoms with van der Waals surface area (Å²) in [6.45, 7) is 2.63. The molecule has 0 aromatic carbocycles. The van der Waals surface area contributed by atoms with Gasteiger partial charge in [0.2, 0.25) is 5.91 Å². The lowest BCUT2D eigenvalue weighted by Crippen LogP contribution is -2.45. The van der Waals surface area contributed by atoms with Crippen molar-refractivity contribution in [3.05, 3.63) is 0 Å². The van der Waals surface area contributed by atoms with Crippen molar-refractivity contribution >= 4 is 21.8 Å². The number of carbonyl (C=O) groups excluding carboxylic acids is 1. The third-order valence-electron chi connectivity index (χ3n) is 2.02. The Kier molecular flexibility index (Phi) is 4.15. The molecule has 1 amide bonds. The third-order valence-corrected chi connectivity index (χ3v) is 3.08. The largest absolute Gasteiger partial charge is 0.388 e. The highest BCUT2D eigenvalue weighted by molar-refractivity contribution is 9.10. The summed E-state index contributed by atoms with van der Waals surface area (Å²) in [5.74, 6) is -0.0861. The summed E-state index contributed by atoms with van der Waals surface area (Å²) < 4.78 is 5.00. The van der Waals surface area contributed by atoms with Gasteiger partial charge in [0.25, 0.3) is 0 Å². The number of hydrogen-bond donors (Lipinski definition) is 2. The van der Waals surface area contributed by atoms with Gasteiger partial charge in [-0.05, 0) is 6.42 Å². The number of nitrogens with one attached hydrogen (secondary N) is 1. The van der Waals surface area contributed by atoms with Crippen molar-refractivity contribution in [3.63, 3.8) is 0 Å². The molecule has 0 aliphatic carbocycles. The molecular weight excluding hydrogens is 238 g/mol. The fourth-order valence-electron chi connectivity index (χ4n) is 1.14. The topological polar surface area (TPSA) is 58.6 Å². The van der Waals surface area contributed by atoms with Gasteiger partial charge in [-0.25, -0.2) is 0 Å². The quantitative estimate of drug-likeness (QED) is 0.697. The van der Waals surface area contributed by atoms with E-state index < -0.39 is 6.10 Å². The van der Waals surface area contributed by atoms with Crippen LogP contribution in [0.15, 0.2) is 0 Å². The number of hydrogen-bond acceptors (Lipinski definition) is 3. The highest BCUT2D eigenvalue weighted by Gasteiger charge is 2.28. The predicted molar refractivity (Wildman–Crippen MR) is 51.8 cm³/mol. The average molecular weight is 252 g/mol. The Bertz CT molecular complexity index is 188. The van der Waals surface area contributed by atoms with Crippen molar-refractivity contribution in [2.24, 2.45) is 0 Å². The van der Waals surface area contributed by atoms with Crippen LogP contribution < -0.4 is 5.32 Å². The average Bonchev–Trinajstić information content (AvgIpc) is 2.50. The highest BCUT2D eigenvalue weighted by Crippen LogP contribution is 2.08. The van der Waals surface area contributed by atoms with Gasteiger partial charge in [-0.15, -0.1) is 0 Å². The predicted octanol–water partition coefficient (Wildman–Crippen LogP) is 0.0358. The molecule has 76 valence electrons. The second kappa shape index (κ2) is 4.93. The third kappa shape index (κ3) is 2.93. The van der Waals surface area contributed by atoms with Crippen LogP contribution in [0.5, 0.6) is 0 Å². The van der Waals surface area contributed by atoms with Crippen LogP contribution in [-0.2, 0) is 9.53 Å². The normalized spacial score (nSPS) is 30.1. The SMILES string of the molecule is CCC(Br)C(=O)N[C@@H]1COC[C@H]1O. The van der Waals surface area contributed by atoms with E-state index in [0.29, 0.717) is 13.2 Å². The smallest absolute Gasteiger partial charge is 0.234 e. The summed E-state index contributed by atoms with van der Waals surface area (Å²) in [6.07, 6.45) is 0.163. The van der Waals surface area contributed by atoms with Gasteiger partial charge >= 0.3 is 0 Å². The van der Waals surface area contributed by atoms with Crippen LogP contribution >= 0.6 is 15.9 Å². The first-order chi connectivity index (χ1) is 6.15. The first-order valence-corrected chi connectivity index (χ1v) is 5.27. The molecule has 1 unspecified atom stereocenters. The number of aliphatic hydroxyl groups excluding tert-OH is 1. The van der Waals surface area contributed by atoms with Gasteiger partial charge in [-0.1, -0.05) is 22.9 Å². The van der Waals surface area contributed by atoms with Crippen molar-refractivity contribution in [2.75, 3.05) is 13.2 Å². The van der Waals surface area contributed by atoms with E-state index in [-0.39, 0.29) is 16.8 Å². The summed E-state index contributed by atoms with van der Waals surface area (Å²) in [5, 5.41) is 12.1. The van der Waals surface area contributed by atoms with Crippen LogP contribution in [0.1, 0.15) is 13.3 Å². The molecule has 5 heteroatoms. The van der Waals surface area contributed by atoms with Crippen molar-refractivity contribution in [1.29, 1.82) is 0 Å². The molecule has 2 N–H and O–H groups in total. The molecule has 0 aromatic rings. The molecule has 0 aromatic heterocycles. The van der Waals surface area contributed by atoms with Crippen molar-refractivity contribution in [3.8, 4) is 0 Å². The van der Waals surface area contributed by atoms with Crippen LogP contribution in [0.25, 0.3) is 0 Å². The molecule has 1 aliphatic rings. The zero-order chi connectivity index (χ0) is 9.84. The van der Waals surface area contributed by atoms with Crippen LogP contribution in [-0.4, -0.2) is 41.2 Å². The van der Waals surface area contributed by atoms with E-state index in [2.05, 4.69) is 21.2 Å². The Morgan fingerprint density at radius 2 is 2.46 bits per heavy atom. The van der Waals surface area contributed by atoms with Gasteiger partial charge in [0.05, 0.1) is 30.2 Å². The Morgan fingerprint density at radius 3 is 2.92 bits per heavy atom. The molecule has 1 saturated heterocycles. The van der Waals surface area contributed by atoms with Gasteiger partial charge in [0.1, 0.15) is 0 Å². The lowest BCUT2D eigenvalue weighted by molar-refractivity contribution is -0.121. The van der Waals surface area contributed by atoms with Crippen molar-refractivity contribution < 1.29 is 14.6 Å². The van der Waals surface area contributed by atoms with E-state index in [1.165, 1.54) is 0 Å². The first-order valence-electron chi connectivity index (χ1n) is 4.35. The summed E-state index contributed by atoms with van der Waals surface area (Å²) in [5.41, 5.74) is 0. The molecule has 1 fully saturated rings. The zero-order valence-electron chi connectivity index (χ0n) is 7.50.